The summed E-state index contributed by atoms with van der Waals surface area (Å²) in [7, 11) is 0. The summed E-state index contributed by atoms with van der Waals surface area (Å²) in [5.74, 6) is 0.916. The van der Waals surface area contributed by atoms with Crippen molar-refractivity contribution in [3.05, 3.63) is 35.4 Å². The van der Waals surface area contributed by atoms with Crippen LogP contribution in [0.15, 0.2) is 29.3 Å². The van der Waals surface area contributed by atoms with E-state index in [2.05, 4.69) is 39.9 Å². The molecule has 0 atom stereocenters. The molecule has 1 heterocycles. The largest absolute Gasteiger partial charge is 0.377 e. The zero-order chi connectivity index (χ0) is 12.6. The maximum atomic E-state index is 5.37. The highest BCUT2D eigenvalue weighted by molar-refractivity contribution is 14.0. The molecule has 0 radical (unpaired) electrons. The quantitative estimate of drug-likeness (QED) is 0.777. The SMILES string of the molecule is CCOCc1ccc(CNC2=NCCCN2)cc1.I. The van der Waals surface area contributed by atoms with Gasteiger partial charge in [-0.15, -0.1) is 24.0 Å². The van der Waals surface area contributed by atoms with E-state index in [4.69, 9.17) is 4.74 Å². The Balaban J connectivity index is 0.00000180. The van der Waals surface area contributed by atoms with Gasteiger partial charge in [-0.3, -0.25) is 4.99 Å². The smallest absolute Gasteiger partial charge is 0.191 e. The highest BCUT2D eigenvalue weighted by atomic mass is 127. The molecule has 19 heavy (non-hydrogen) atoms. The molecule has 0 fully saturated rings. The van der Waals surface area contributed by atoms with Gasteiger partial charge in [0.15, 0.2) is 5.96 Å². The van der Waals surface area contributed by atoms with Crippen molar-refractivity contribution >= 4 is 29.9 Å². The molecule has 4 nitrogen and oxygen atoms in total. The molecule has 1 aliphatic rings. The van der Waals surface area contributed by atoms with Crippen molar-refractivity contribution in [3.8, 4) is 0 Å². The van der Waals surface area contributed by atoms with Gasteiger partial charge in [0.2, 0.25) is 0 Å². The number of benzene rings is 1. The maximum Gasteiger partial charge on any atom is 0.191 e. The van der Waals surface area contributed by atoms with Gasteiger partial charge in [-0.05, 0) is 24.5 Å². The molecule has 0 unspecified atom stereocenters. The first-order valence-corrected chi connectivity index (χ1v) is 6.56. The molecule has 2 N–H and O–H groups in total. The molecule has 1 aromatic carbocycles. The Labute approximate surface area is 132 Å². The van der Waals surface area contributed by atoms with E-state index in [0.717, 1.165) is 38.6 Å². The van der Waals surface area contributed by atoms with Crippen LogP contribution in [-0.4, -0.2) is 25.7 Å². The van der Waals surface area contributed by atoms with E-state index in [-0.39, 0.29) is 24.0 Å². The summed E-state index contributed by atoms with van der Waals surface area (Å²) < 4.78 is 5.37. The second-order valence-corrected chi connectivity index (χ2v) is 4.32. The van der Waals surface area contributed by atoms with Crippen molar-refractivity contribution in [1.82, 2.24) is 10.6 Å². The number of aliphatic imine (C=N–C) groups is 1. The Morgan fingerprint density at radius 3 is 2.63 bits per heavy atom. The van der Waals surface area contributed by atoms with Crippen LogP contribution in [0.1, 0.15) is 24.5 Å². The lowest BCUT2D eigenvalue weighted by Crippen LogP contribution is -2.40. The Kier molecular flexibility index (Phi) is 7.81. The molecule has 1 aromatic rings. The number of ether oxygens (including phenoxy) is 1. The topological polar surface area (TPSA) is 45.6 Å². The zero-order valence-electron chi connectivity index (χ0n) is 11.3. The average molecular weight is 375 g/mol. The van der Waals surface area contributed by atoms with Crippen LogP contribution in [0.3, 0.4) is 0 Å². The summed E-state index contributed by atoms with van der Waals surface area (Å²) in [5, 5.41) is 6.56. The first-order chi connectivity index (χ1) is 8.88. The van der Waals surface area contributed by atoms with Gasteiger partial charge in [-0.1, -0.05) is 24.3 Å². The van der Waals surface area contributed by atoms with E-state index >= 15 is 0 Å². The highest BCUT2D eigenvalue weighted by Gasteiger charge is 2.02. The Bertz CT molecular complexity index is 392. The van der Waals surface area contributed by atoms with E-state index < -0.39 is 0 Å². The standard InChI is InChI=1S/C14H21N3O.HI/c1-2-18-11-13-6-4-12(5-7-13)10-17-14-15-8-3-9-16-14;/h4-7H,2-3,8-11H2,1H3,(H2,15,16,17);1H. The lowest BCUT2D eigenvalue weighted by Gasteiger charge is -2.16. The predicted octanol–water partition coefficient (Wildman–Crippen LogP) is 2.28. The number of hydrogen-bond acceptors (Lipinski definition) is 4. The van der Waals surface area contributed by atoms with Crippen LogP contribution in [0.25, 0.3) is 0 Å². The maximum absolute atomic E-state index is 5.37. The van der Waals surface area contributed by atoms with E-state index in [0.29, 0.717) is 6.61 Å². The van der Waals surface area contributed by atoms with E-state index in [1.54, 1.807) is 0 Å². The zero-order valence-corrected chi connectivity index (χ0v) is 13.6. The monoisotopic (exact) mass is 375 g/mol. The van der Waals surface area contributed by atoms with Crippen LogP contribution in [-0.2, 0) is 17.9 Å². The third-order valence-corrected chi connectivity index (χ3v) is 2.85. The van der Waals surface area contributed by atoms with Crippen LogP contribution in [0.5, 0.6) is 0 Å². The number of guanidine groups is 1. The summed E-state index contributed by atoms with van der Waals surface area (Å²) in [4.78, 5) is 4.38. The highest BCUT2D eigenvalue weighted by Crippen LogP contribution is 2.05. The molecule has 0 aromatic heterocycles. The Morgan fingerprint density at radius 1 is 1.26 bits per heavy atom. The van der Waals surface area contributed by atoms with Crippen molar-refractivity contribution in [2.45, 2.75) is 26.5 Å². The minimum atomic E-state index is 0. The Morgan fingerprint density at radius 2 is 2.00 bits per heavy atom. The predicted molar refractivity (Wildman–Crippen MR) is 88.9 cm³/mol. The van der Waals surface area contributed by atoms with Crippen LogP contribution < -0.4 is 10.6 Å². The molecule has 0 spiro atoms. The van der Waals surface area contributed by atoms with Crippen molar-refractivity contribution in [1.29, 1.82) is 0 Å². The molecule has 0 amide bonds. The van der Waals surface area contributed by atoms with Crippen molar-refractivity contribution < 1.29 is 4.74 Å². The van der Waals surface area contributed by atoms with Gasteiger partial charge >= 0.3 is 0 Å². The molecule has 0 aliphatic carbocycles. The third-order valence-electron chi connectivity index (χ3n) is 2.85. The molecule has 5 heteroatoms. The molecule has 0 saturated heterocycles. The number of halogens is 1. The number of hydrogen-bond donors (Lipinski definition) is 2. The van der Waals surface area contributed by atoms with E-state index in [9.17, 15) is 0 Å². The minimum Gasteiger partial charge on any atom is -0.377 e. The summed E-state index contributed by atoms with van der Waals surface area (Å²) in [5.41, 5.74) is 2.47. The van der Waals surface area contributed by atoms with Gasteiger partial charge in [0.05, 0.1) is 6.61 Å². The molecule has 106 valence electrons. The fourth-order valence-electron chi connectivity index (χ4n) is 1.81. The number of rotatable bonds is 5. The molecule has 0 bridgehead atoms. The third kappa shape index (κ3) is 5.78. The lowest BCUT2D eigenvalue weighted by molar-refractivity contribution is 0.134. The van der Waals surface area contributed by atoms with Crippen molar-refractivity contribution in [2.75, 3.05) is 19.7 Å². The first-order valence-electron chi connectivity index (χ1n) is 6.56. The van der Waals surface area contributed by atoms with Gasteiger partial charge in [-0.2, -0.15) is 0 Å². The van der Waals surface area contributed by atoms with Crippen LogP contribution in [0, 0.1) is 0 Å². The van der Waals surface area contributed by atoms with Crippen LogP contribution in [0.4, 0.5) is 0 Å². The fourth-order valence-corrected chi connectivity index (χ4v) is 1.81. The Hall–Kier alpha value is -0.820. The normalized spacial score (nSPS) is 14.1. The summed E-state index contributed by atoms with van der Waals surface area (Å²) >= 11 is 0. The molecular weight excluding hydrogens is 353 g/mol. The summed E-state index contributed by atoms with van der Waals surface area (Å²) in [6.07, 6.45) is 1.12. The van der Waals surface area contributed by atoms with Gasteiger partial charge in [0.25, 0.3) is 0 Å². The van der Waals surface area contributed by atoms with Gasteiger partial charge in [0.1, 0.15) is 0 Å². The number of nitrogens with one attached hydrogen (secondary N) is 2. The number of nitrogens with zero attached hydrogens (tertiary/aromatic N) is 1. The summed E-state index contributed by atoms with van der Waals surface area (Å²) in [6.45, 7) is 6.20. The summed E-state index contributed by atoms with van der Waals surface area (Å²) in [6, 6.07) is 8.49. The average Bonchev–Trinajstić information content (AvgIpc) is 2.45. The van der Waals surface area contributed by atoms with E-state index in [1.165, 1.54) is 11.1 Å². The van der Waals surface area contributed by atoms with Crippen molar-refractivity contribution in [2.24, 2.45) is 4.99 Å². The van der Waals surface area contributed by atoms with Crippen LogP contribution in [0.2, 0.25) is 0 Å². The molecule has 0 saturated carbocycles. The second kappa shape index (κ2) is 9.14. The molecule has 2 rings (SSSR count). The lowest BCUT2D eigenvalue weighted by atomic mass is 10.1. The van der Waals surface area contributed by atoms with Gasteiger partial charge in [0, 0.05) is 26.2 Å². The van der Waals surface area contributed by atoms with Crippen molar-refractivity contribution in [3.63, 3.8) is 0 Å². The van der Waals surface area contributed by atoms with Crippen LogP contribution >= 0.6 is 24.0 Å². The van der Waals surface area contributed by atoms with Gasteiger partial charge in [-0.25, -0.2) is 0 Å². The first kappa shape index (κ1) is 16.2. The second-order valence-electron chi connectivity index (χ2n) is 4.32. The molecule has 1 aliphatic heterocycles. The van der Waals surface area contributed by atoms with Gasteiger partial charge < -0.3 is 15.4 Å². The fraction of sp³-hybridized carbons (Fsp3) is 0.500. The van der Waals surface area contributed by atoms with E-state index in [1.807, 2.05) is 6.92 Å². The minimum absolute atomic E-state index is 0. The molecular formula is C14H22IN3O.